The number of nitrogen functional groups attached to an aromatic ring is 1. The fourth-order valence-corrected chi connectivity index (χ4v) is 2.82. The van der Waals surface area contributed by atoms with E-state index in [-0.39, 0.29) is 17.0 Å². The highest BCUT2D eigenvalue weighted by Gasteiger charge is 2.21. The molecule has 0 unspecified atom stereocenters. The van der Waals surface area contributed by atoms with Gasteiger partial charge in [-0.25, -0.2) is 13.9 Å². The number of fused-ring (bicyclic) bond motifs is 1. The smallest absolute Gasteiger partial charge is 0.263 e. The Kier molecular flexibility index (Phi) is 3.96. The van der Waals surface area contributed by atoms with Gasteiger partial charge < -0.3 is 11.1 Å². The summed E-state index contributed by atoms with van der Waals surface area (Å²) in [4.78, 5) is 25.2. The summed E-state index contributed by atoms with van der Waals surface area (Å²) < 4.78 is 14.5. The predicted octanol–water partition coefficient (Wildman–Crippen LogP) is 2.47. The molecule has 0 aliphatic rings. The number of nitrogens with two attached hydrogens (primary N) is 1. The molecule has 0 aromatic carbocycles. The van der Waals surface area contributed by atoms with Gasteiger partial charge in [0.05, 0.1) is 18.1 Å². The zero-order valence-corrected chi connectivity index (χ0v) is 14.2. The number of carbonyl (C=O) groups is 1. The minimum atomic E-state index is -0.583. The van der Waals surface area contributed by atoms with Crippen molar-refractivity contribution in [1.82, 2.24) is 24.6 Å². The molecular weight excluding hydrogens is 349 g/mol. The molecule has 27 heavy (non-hydrogen) atoms. The van der Waals surface area contributed by atoms with E-state index >= 15 is 0 Å². The summed E-state index contributed by atoms with van der Waals surface area (Å²) in [5, 5.41) is 6.75. The third-order valence-electron chi connectivity index (χ3n) is 4.06. The van der Waals surface area contributed by atoms with E-state index in [1.54, 1.807) is 24.7 Å². The zero-order valence-electron chi connectivity index (χ0n) is 14.2. The van der Waals surface area contributed by atoms with Gasteiger partial charge >= 0.3 is 0 Å². The highest BCUT2D eigenvalue weighted by molar-refractivity contribution is 6.12. The fraction of sp³-hybridized carbons (Fsp3) is 0.0556. The van der Waals surface area contributed by atoms with Crippen LogP contribution in [0.5, 0.6) is 0 Å². The number of aryl methyl sites for hydroxylation is 1. The van der Waals surface area contributed by atoms with Gasteiger partial charge in [0.1, 0.15) is 5.56 Å². The number of nitrogens with zero attached hydrogens (tertiary/aromatic N) is 5. The molecule has 4 heterocycles. The molecule has 0 radical (unpaired) electrons. The van der Waals surface area contributed by atoms with E-state index in [4.69, 9.17) is 5.73 Å². The number of halogens is 1. The Labute approximate surface area is 152 Å². The van der Waals surface area contributed by atoms with Crippen molar-refractivity contribution in [3.05, 3.63) is 66.3 Å². The predicted molar refractivity (Wildman–Crippen MR) is 97.5 cm³/mol. The van der Waals surface area contributed by atoms with Crippen LogP contribution in [0.4, 0.5) is 15.9 Å². The van der Waals surface area contributed by atoms with E-state index < -0.39 is 11.7 Å². The number of hydrogen-bond acceptors (Lipinski definition) is 6. The number of nitrogens with one attached hydrogen (secondary N) is 1. The van der Waals surface area contributed by atoms with E-state index in [2.05, 4.69) is 25.4 Å². The summed E-state index contributed by atoms with van der Waals surface area (Å²) >= 11 is 0. The third kappa shape index (κ3) is 2.95. The molecule has 4 rings (SSSR count). The quantitative estimate of drug-likeness (QED) is 0.578. The molecule has 0 spiro atoms. The second kappa shape index (κ2) is 6.45. The molecule has 1 amide bonds. The molecule has 3 N–H and O–H groups in total. The Balaban J connectivity index is 1.75. The van der Waals surface area contributed by atoms with Gasteiger partial charge in [-0.15, -0.1) is 5.10 Å². The Morgan fingerprint density at radius 2 is 2.04 bits per heavy atom. The second-order valence-corrected chi connectivity index (χ2v) is 5.81. The number of rotatable bonds is 3. The fourth-order valence-electron chi connectivity index (χ4n) is 2.82. The lowest BCUT2D eigenvalue weighted by molar-refractivity contribution is 0.102. The lowest BCUT2D eigenvalue weighted by Crippen LogP contribution is -2.14. The molecule has 4 aromatic rings. The van der Waals surface area contributed by atoms with Crippen molar-refractivity contribution in [2.24, 2.45) is 0 Å². The number of amides is 1. The molecule has 0 atom stereocenters. The lowest BCUT2D eigenvalue weighted by atomic mass is 10.0. The first-order valence-corrected chi connectivity index (χ1v) is 8.01. The maximum Gasteiger partial charge on any atom is 0.263 e. The summed E-state index contributed by atoms with van der Waals surface area (Å²) in [6, 6.07) is 5.38. The number of anilines is 2. The largest absolute Gasteiger partial charge is 0.381 e. The van der Waals surface area contributed by atoms with Gasteiger partial charge in [-0.05, 0) is 19.1 Å². The van der Waals surface area contributed by atoms with Crippen molar-refractivity contribution in [2.45, 2.75) is 6.92 Å². The van der Waals surface area contributed by atoms with Gasteiger partial charge in [-0.1, -0.05) is 6.07 Å². The first-order chi connectivity index (χ1) is 13.0. The maximum atomic E-state index is 13.3. The van der Waals surface area contributed by atoms with Gasteiger partial charge in [0.2, 0.25) is 0 Å². The minimum Gasteiger partial charge on any atom is -0.381 e. The van der Waals surface area contributed by atoms with Crippen LogP contribution in [0.2, 0.25) is 0 Å². The topological polar surface area (TPSA) is 111 Å². The SMILES string of the molecule is Cc1ncccc1-c1cnccc1NC(=O)c1c(N)nn2cc(F)cnc12. The summed E-state index contributed by atoms with van der Waals surface area (Å²) in [6.07, 6.45) is 7.01. The first kappa shape index (κ1) is 16.6. The van der Waals surface area contributed by atoms with Crippen LogP contribution in [0.15, 0.2) is 49.2 Å². The summed E-state index contributed by atoms with van der Waals surface area (Å²) in [5.74, 6) is -1.13. The second-order valence-electron chi connectivity index (χ2n) is 5.81. The Bertz CT molecular complexity index is 1170. The third-order valence-corrected chi connectivity index (χ3v) is 4.06. The summed E-state index contributed by atoms with van der Waals surface area (Å²) in [7, 11) is 0. The van der Waals surface area contributed by atoms with Crippen molar-refractivity contribution < 1.29 is 9.18 Å². The summed E-state index contributed by atoms with van der Waals surface area (Å²) in [5.41, 5.74) is 8.98. The van der Waals surface area contributed by atoms with E-state index in [9.17, 15) is 9.18 Å². The van der Waals surface area contributed by atoms with Crippen LogP contribution >= 0.6 is 0 Å². The molecule has 0 saturated carbocycles. The number of hydrogen-bond donors (Lipinski definition) is 2. The molecule has 4 aromatic heterocycles. The van der Waals surface area contributed by atoms with E-state index in [1.807, 2.05) is 19.1 Å². The van der Waals surface area contributed by atoms with E-state index in [0.717, 1.165) is 28.2 Å². The summed E-state index contributed by atoms with van der Waals surface area (Å²) in [6.45, 7) is 1.87. The molecule has 0 saturated heterocycles. The van der Waals surface area contributed by atoms with Crippen LogP contribution in [-0.4, -0.2) is 30.5 Å². The van der Waals surface area contributed by atoms with Crippen LogP contribution in [0, 0.1) is 12.7 Å². The van der Waals surface area contributed by atoms with Crippen LogP contribution < -0.4 is 11.1 Å². The van der Waals surface area contributed by atoms with Gasteiger partial charge in [0.25, 0.3) is 5.91 Å². The number of aromatic nitrogens is 5. The van der Waals surface area contributed by atoms with Crippen molar-refractivity contribution in [2.75, 3.05) is 11.1 Å². The molecule has 9 heteroatoms. The number of carbonyl (C=O) groups excluding carboxylic acids is 1. The minimum absolute atomic E-state index is 0.0428. The normalized spacial score (nSPS) is 10.9. The Hall–Kier alpha value is -3.88. The van der Waals surface area contributed by atoms with Crippen LogP contribution in [0.3, 0.4) is 0 Å². The van der Waals surface area contributed by atoms with Gasteiger partial charge in [0, 0.05) is 35.4 Å². The molecule has 0 fully saturated rings. The maximum absolute atomic E-state index is 13.3. The van der Waals surface area contributed by atoms with Crippen LogP contribution in [0.1, 0.15) is 16.1 Å². The molecule has 0 aliphatic heterocycles. The monoisotopic (exact) mass is 363 g/mol. The molecule has 0 bridgehead atoms. The van der Waals surface area contributed by atoms with Crippen molar-refractivity contribution in [3.8, 4) is 11.1 Å². The first-order valence-electron chi connectivity index (χ1n) is 8.01. The Morgan fingerprint density at radius 3 is 2.85 bits per heavy atom. The molecule has 0 aliphatic carbocycles. The lowest BCUT2D eigenvalue weighted by Gasteiger charge is -2.12. The van der Waals surface area contributed by atoms with Crippen LogP contribution in [-0.2, 0) is 0 Å². The molecular formula is C18H14FN7O. The highest BCUT2D eigenvalue weighted by atomic mass is 19.1. The van der Waals surface area contributed by atoms with Crippen molar-refractivity contribution >= 4 is 23.1 Å². The standard InChI is InChI=1S/C18H14FN7O/c1-10-12(3-2-5-22-10)13-8-21-6-4-14(13)24-18(27)15-16(20)25-26-9-11(19)7-23-17(15)26/h2-9H,1H3,(H2,20,25)(H,21,24,27). The average molecular weight is 363 g/mol. The van der Waals surface area contributed by atoms with Crippen LogP contribution in [0.25, 0.3) is 16.8 Å². The zero-order chi connectivity index (χ0) is 19.0. The van der Waals surface area contributed by atoms with Crippen molar-refractivity contribution in [1.29, 1.82) is 0 Å². The molecule has 8 nitrogen and oxygen atoms in total. The van der Waals surface area contributed by atoms with E-state index in [0.29, 0.717) is 11.3 Å². The number of pyridine rings is 2. The average Bonchev–Trinajstić information content (AvgIpc) is 2.97. The van der Waals surface area contributed by atoms with Gasteiger partial charge in [-0.2, -0.15) is 0 Å². The van der Waals surface area contributed by atoms with E-state index in [1.165, 1.54) is 0 Å². The van der Waals surface area contributed by atoms with Crippen molar-refractivity contribution in [3.63, 3.8) is 0 Å². The van der Waals surface area contributed by atoms with Gasteiger partial charge in [0.15, 0.2) is 17.3 Å². The van der Waals surface area contributed by atoms with Gasteiger partial charge in [-0.3, -0.25) is 14.8 Å². The molecule has 134 valence electrons. The Morgan fingerprint density at radius 1 is 1.19 bits per heavy atom. The highest BCUT2D eigenvalue weighted by Crippen LogP contribution is 2.29.